The van der Waals surface area contributed by atoms with E-state index in [2.05, 4.69) is 19.2 Å². The number of primary amides is 1. The van der Waals surface area contributed by atoms with Crippen LogP contribution in [0, 0.1) is 11.8 Å². The smallest absolute Gasteiger partial charge is 0.234 e. The van der Waals surface area contributed by atoms with Crippen LogP contribution in [0.1, 0.15) is 33.1 Å². The Balaban J connectivity index is 2.33. The number of carbonyl (C=O) groups excluding carboxylic acids is 1. The lowest BCUT2D eigenvalue weighted by Gasteiger charge is -2.32. The van der Waals surface area contributed by atoms with E-state index in [1.54, 1.807) is 0 Å². The normalized spacial score (nSPS) is 19.9. The van der Waals surface area contributed by atoms with Gasteiger partial charge in [0.25, 0.3) is 0 Å². The van der Waals surface area contributed by atoms with Crippen molar-refractivity contribution in [2.24, 2.45) is 17.6 Å². The molecule has 1 amide bonds. The molecule has 1 saturated carbocycles. The zero-order valence-electron chi connectivity index (χ0n) is 8.55. The third-order valence-electron chi connectivity index (χ3n) is 2.67. The maximum Gasteiger partial charge on any atom is 0.234 e. The summed E-state index contributed by atoms with van der Waals surface area (Å²) in [7, 11) is 0. The van der Waals surface area contributed by atoms with E-state index < -0.39 is 0 Å². The van der Waals surface area contributed by atoms with E-state index in [-0.39, 0.29) is 11.9 Å². The van der Waals surface area contributed by atoms with E-state index in [0.717, 1.165) is 19.4 Å². The lowest BCUT2D eigenvalue weighted by Crippen LogP contribution is -2.49. The first-order valence-electron chi connectivity index (χ1n) is 5.14. The maximum absolute atomic E-state index is 11.1. The van der Waals surface area contributed by atoms with Crippen LogP contribution in [-0.4, -0.2) is 18.5 Å². The Bertz CT molecular complexity index is 176. The molecule has 0 heterocycles. The fourth-order valence-electron chi connectivity index (χ4n) is 1.64. The van der Waals surface area contributed by atoms with Crippen LogP contribution in [0.4, 0.5) is 0 Å². The zero-order valence-corrected chi connectivity index (χ0v) is 8.55. The molecule has 3 heteroatoms. The standard InChI is InChI=1S/C10H20N2O/c1-7(2)6-12-9(10(11)13)8-4-3-5-8/h7-9,12H,3-6H2,1-2H3,(H2,11,13). The number of nitrogens with one attached hydrogen (secondary N) is 1. The lowest BCUT2D eigenvalue weighted by molar-refractivity contribution is -0.122. The fourth-order valence-corrected chi connectivity index (χ4v) is 1.64. The molecule has 0 radical (unpaired) electrons. The molecule has 3 N–H and O–H groups in total. The molecule has 1 aliphatic carbocycles. The van der Waals surface area contributed by atoms with Crippen molar-refractivity contribution in [3.8, 4) is 0 Å². The molecule has 76 valence electrons. The SMILES string of the molecule is CC(C)CNC(C(N)=O)C1CCC1. The van der Waals surface area contributed by atoms with Gasteiger partial charge in [-0.05, 0) is 31.2 Å². The number of rotatable bonds is 5. The van der Waals surface area contributed by atoms with Gasteiger partial charge in [-0.25, -0.2) is 0 Å². The minimum atomic E-state index is -0.189. The average molecular weight is 184 g/mol. The Kier molecular flexibility index (Phi) is 3.72. The predicted molar refractivity (Wildman–Crippen MR) is 53.2 cm³/mol. The van der Waals surface area contributed by atoms with Crippen LogP contribution in [0.3, 0.4) is 0 Å². The van der Waals surface area contributed by atoms with Crippen LogP contribution >= 0.6 is 0 Å². The number of hydrogen-bond donors (Lipinski definition) is 2. The van der Waals surface area contributed by atoms with Crippen molar-refractivity contribution in [3.05, 3.63) is 0 Å². The molecule has 0 spiro atoms. The quantitative estimate of drug-likeness (QED) is 0.666. The molecule has 1 fully saturated rings. The second-order valence-corrected chi connectivity index (χ2v) is 4.37. The van der Waals surface area contributed by atoms with E-state index in [1.165, 1.54) is 6.42 Å². The summed E-state index contributed by atoms with van der Waals surface area (Å²) in [5, 5.41) is 3.25. The van der Waals surface area contributed by atoms with Crippen molar-refractivity contribution in [1.29, 1.82) is 0 Å². The summed E-state index contributed by atoms with van der Waals surface area (Å²) < 4.78 is 0. The topological polar surface area (TPSA) is 55.1 Å². The van der Waals surface area contributed by atoms with Crippen molar-refractivity contribution >= 4 is 5.91 Å². The van der Waals surface area contributed by atoms with E-state index in [9.17, 15) is 4.79 Å². The van der Waals surface area contributed by atoms with Gasteiger partial charge in [-0.2, -0.15) is 0 Å². The third kappa shape index (κ3) is 2.99. The third-order valence-corrected chi connectivity index (χ3v) is 2.67. The van der Waals surface area contributed by atoms with E-state index in [0.29, 0.717) is 11.8 Å². The molecule has 0 aromatic rings. The summed E-state index contributed by atoms with van der Waals surface area (Å²) in [4.78, 5) is 11.1. The molecular formula is C10H20N2O. The van der Waals surface area contributed by atoms with Crippen molar-refractivity contribution < 1.29 is 4.79 Å². The van der Waals surface area contributed by atoms with E-state index >= 15 is 0 Å². The van der Waals surface area contributed by atoms with Gasteiger partial charge in [0, 0.05) is 0 Å². The molecule has 1 atom stereocenters. The van der Waals surface area contributed by atoms with E-state index in [1.807, 2.05) is 0 Å². The lowest BCUT2D eigenvalue weighted by atomic mass is 9.79. The van der Waals surface area contributed by atoms with Gasteiger partial charge in [-0.15, -0.1) is 0 Å². The largest absolute Gasteiger partial charge is 0.368 e. The molecule has 0 saturated heterocycles. The van der Waals surface area contributed by atoms with Gasteiger partial charge < -0.3 is 11.1 Å². The first-order valence-corrected chi connectivity index (χ1v) is 5.14. The summed E-state index contributed by atoms with van der Waals surface area (Å²) >= 11 is 0. The Labute approximate surface area is 80.1 Å². The monoisotopic (exact) mass is 184 g/mol. The highest BCUT2D eigenvalue weighted by molar-refractivity contribution is 5.80. The highest BCUT2D eigenvalue weighted by Gasteiger charge is 2.30. The number of amides is 1. The summed E-state index contributed by atoms with van der Waals surface area (Å²) in [6.45, 7) is 5.14. The summed E-state index contributed by atoms with van der Waals surface area (Å²) in [5.74, 6) is 0.878. The molecule has 13 heavy (non-hydrogen) atoms. The minimum Gasteiger partial charge on any atom is -0.368 e. The zero-order chi connectivity index (χ0) is 9.84. The first kappa shape index (κ1) is 10.5. The van der Waals surface area contributed by atoms with Gasteiger partial charge in [0.15, 0.2) is 0 Å². The second-order valence-electron chi connectivity index (χ2n) is 4.37. The highest BCUT2D eigenvalue weighted by Crippen LogP contribution is 2.29. The van der Waals surface area contributed by atoms with E-state index in [4.69, 9.17) is 5.73 Å². The van der Waals surface area contributed by atoms with Crippen LogP contribution in [-0.2, 0) is 4.79 Å². The predicted octanol–water partition coefficient (Wildman–Crippen LogP) is 0.886. The Morgan fingerprint density at radius 3 is 2.46 bits per heavy atom. The van der Waals surface area contributed by atoms with Crippen molar-refractivity contribution in [1.82, 2.24) is 5.32 Å². The van der Waals surface area contributed by atoms with Gasteiger partial charge in [-0.1, -0.05) is 20.3 Å². The van der Waals surface area contributed by atoms with Crippen molar-refractivity contribution in [3.63, 3.8) is 0 Å². The van der Waals surface area contributed by atoms with Gasteiger partial charge >= 0.3 is 0 Å². The van der Waals surface area contributed by atoms with Crippen LogP contribution in [0.2, 0.25) is 0 Å². The molecular weight excluding hydrogens is 164 g/mol. The maximum atomic E-state index is 11.1. The van der Waals surface area contributed by atoms with Gasteiger partial charge in [0.05, 0.1) is 6.04 Å². The molecule has 1 unspecified atom stereocenters. The molecule has 0 aromatic carbocycles. The molecule has 0 aromatic heterocycles. The first-order chi connectivity index (χ1) is 6.11. The molecule has 1 aliphatic rings. The van der Waals surface area contributed by atoms with Gasteiger partial charge in [-0.3, -0.25) is 4.79 Å². The average Bonchev–Trinajstić information content (AvgIpc) is 1.92. The van der Waals surface area contributed by atoms with Crippen LogP contribution in [0.15, 0.2) is 0 Å². The number of nitrogens with two attached hydrogens (primary N) is 1. The van der Waals surface area contributed by atoms with Crippen molar-refractivity contribution in [2.45, 2.75) is 39.2 Å². The molecule has 3 nitrogen and oxygen atoms in total. The fraction of sp³-hybridized carbons (Fsp3) is 0.900. The van der Waals surface area contributed by atoms with Crippen LogP contribution < -0.4 is 11.1 Å². The molecule has 1 rings (SSSR count). The summed E-state index contributed by atoms with van der Waals surface area (Å²) in [5.41, 5.74) is 5.33. The Morgan fingerprint density at radius 1 is 1.54 bits per heavy atom. The van der Waals surface area contributed by atoms with Gasteiger partial charge in [0.2, 0.25) is 5.91 Å². The number of carbonyl (C=O) groups is 1. The van der Waals surface area contributed by atoms with Crippen LogP contribution in [0.25, 0.3) is 0 Å². The second kappa shape index (κ2) is 4.61. The number of hydrogen-bond acceptors (Lipinski definition) is 2. The van der Waals surface area contributed by atoms with Crippen LogP contribution in [0.5, 0.6) is 0 Å². The summed E-state index contributed by atoms with van der Waals surface area (Å²) in [6.07, 6.45) is 3.55. The Hall–Kier alpha value is -0.570. The van der Waals surface area contributed by atoms with Gasteiger partial charge in [0.1, 0.15) is 0 Å². The summed E-state index contributed by atoms with van der Waals surface area (Å²) in [6, 6.07) is -0.0869. The Morgan fingerprint density at radius 2 is 2.15 bits per heavy atom. The minimum absolute atomic E-state index is 0.0869. The highest BCUT2D eigenvalue weighted by atomic mass is 16.1. The molecule has 0 bridgehead atoms. The van der Waals surface area contributed by atoms with Crippen molar-refractivity contribution in [2.75, 3.05) is 6.54 Å². The molecule has 0 aliphatic heterocycles.